The summed E-state index contributed by atoms with van der Waals surface area (Å²) in [5.41, 5.74) is 1.36. The zero-order chi connectivity index (χ0) is 23.0. The summed E-state index contributed by atoms with van der Waals surface area (Å²) in [4.78, 5) is 12.7. The maximum absolute atomic E-state index is 12.7. The van der Waals surface area contributed by atoms with Gasteiger partial charge in [-0.3, -0.25) is 0 Å². The Morgan fingerprint density at radius 1 is 0.688 bits per heavy atom. The van der Waals surface area contributed by atoms with Gasteiger partial charge in [-0.05, 0) is 43.4 Å². The second-order valence-corrected chi connectivity index (χ2v) is 9.83. The van der Waals surface area contributed by atoms with Crippen LogP contribution in [0.1, 0.15) is 80.1 Å². The molecule has 0 aliphatic carbocycles. The number of carbonyl (C=O) groups excluding carboxylic acids is 1. The summed E-state index contributed by atoms with van der Waals surface area (Å²) in [5.74, 6) is 0.829. The van der Waals surface area contributed by atoms with E-state index in [0.29, 0.717) is 23.2 Å². The van der Waals surface area contributed by atoms with Crippen molar-refractivity contribution in [2.75, 3.05) is 20.4 Å². The fraction of sp³-hybridized carbons (Fsp3) is 0.519. The highest BCUT2D eigenvalue weighted by Crippen LogP contribution is 2.37. The van der Waals surface area contributed by atoms with Crippen LogP contribution in [0.25, 0.3) is 0 Å². The van der Waals surface area contributed by atoms with Gasteiger partial charge in [0.25, 0.3) is 0 Å². The molecule has 174 valence electrons. The lowest BCUT2D eigenvalue weighted by Crippen LogP contribution is -2.03. The molecule has 2 aromatic carbocycles. The van der Waals surface area contributed by atoms with Crippen molar-refractivity contribution in [2.45, 2.75) is 70.6 Å². The van der Waals surface area contributed by atoms with Gasteiger partial charge >= 0.3 is 13.3 Å². The van der Waals surface area contributed by atoms with E-state index in [4.69, 9.17) is 9.47 Å². The van der Waals surface area contributed by atoms with E-state index < -0.39 is 7.80 Å². The molecule has 0 bridgehead atoms. The first-order valence-electron chi connectivity index (χ1n) is 11.9. The van der Waals surface area contributed by atoms with Gasteiger partial charge < -0.3 is 9.47 Å². The second kappa shape index (κ2) is 15.6. The summed E-state index contributed by atoms with van der Waals surface area (Å²) in [6.45, 7) is 0. The van der Waals surface area contributed by atoms with Gasteiger partial charge in [0.05, 0.1) is 14.2 Å². The standard InChI is InChI=1S/C27H38O4P/c1-30-24-20-16-21-25(31-2)26(24)27(28)32(29)22-15-10-8-6-4-3-5-7-9-12-17-23-18-13-11-14-19-23/h11,13-14,16,18-21H,3-10,12,15,17,22H2,1-2H3/q+1. The Kier molecular flexibility index (Phi) is 12.7. The Hall–Kier alpha value is -2.19. The predicted molar refractivity (Wildman–Crippen MR) is 133 cm³/mol. The molecule has 0 fully saturated rings. The van der Waals surface area contributed by atoms with E-state index in [1.807, 2.05) is 0 Å². The van der Waals surface area contributed by atoms with Crippen LogP contribution in [0.15, 0.2) is 48.5 Å². The van der Waals surface area contributed by atoms with Crippen LogP contribution < -0.4 is 9.47 Å². The Morgan fingerprint density at radius 3 is 1.72 bits per heavy atom. The van der Waals surface area contributed by atoms with Gasteiger partial charge in [0, 0.05) is 0 Å². The molecule has 0 saturated carbocycles. The average molecular weight is 458 g/mol. The first-order valence-corrected chi connectivity index (χ1v) is 13.4. The van der Waals surface area contributed by atoms with Gasteiger partial charge in [-0.25, -0.2) is 4.79 Å². The number of aryl methyl sites for hydroxylation is 1. The minimum Gasteiger partial charge on any atom is -0.496 e. The monoisotopic (exact) mass is 457 g/mol. The summed E-state index contributed by atoms with van der Waals surface area (Å²) >= 11 is 0. The van der Waals surface area contributed by atoms with Crippen molar-refractivity contribution in [1.82, 2.24) is 0 Å². The molecule has 2 aromatic rings. The molecule has 0 aliphatic heterocycles. The first-order chi connectivity index (χ1) is 15.7. The Morgan fingerprint density at radius 2 is 1.19 bits per heavy atom. The molecule has 5 heteroatoms. The van der Waals surface area contributed by atoms with E-state index in [1.165, 1.54) is 71.1 Å². The van der Waals surface area contributed by atoms with E-state index in [-0.39, 0.29) is 5.52 Å². The average Bonchev–Trinajstić information content (AvgIpc) is 2.84. The van der Waals surface area contributed by atoms with Crippen molar-refractivity contribution < 1.29 is 18.8 Å². The van der Waals surface area contributed by atoms with E-state index >= 15 is 0 Å². The van der Waals surface area contributed by atoms with Crippen molar-refractivity contribution >= 4 is 13.3 Å². The predicted octanol–water partition coefficient (Wildman–Crippen LogP) is 7.82. The number of benzene rings is 2. The summed E-state index contributed by atoms with van der Waals surface area (Å²) in [5, 5.41) is 0. The van der Waals surface area contributed by atoms with E-state index in [2.05, 4.69) is 30.3 Å². The summed E-state index contributed by atoms with van der Waals surface area (Å²) < 4.78 is 23.0. The Balaban J connectivity index is 1.50. The molecule has 2 rings (SSSR count). The van der Waals surface area contributed by atoms with Gasteiger partial charge in [0.2, 0.25) is 0 Å². The highest BCUT2D eigenvalue weighted by Gasteiger charge is 2.34. The van der Waals surface area contributed by atoms with Crippen molar-refractivity contribution in [3.05, 3.63) is 59.7 Å². The van der Waals surface area contributed by atoms with Crippen LogP contribution in [0.3, 0.4) is 0 Å². The van der Waals surface area contributed by atoms with Crippen LogP contribution in [0.5, 0.6) is 11.5 Å². The fourth-order valence-electron chi connectivity index (χ4n) is 3.93. The third-order valence-corrected chi connectivity index (χ3v) is 7.19. The second-order valence-electron chi connectivity index (χ2n) is 8.22. The van der Waals surface area contributed by atoms with Crippen LogP contribution in [-0.2, 0) is 11.0 Å². The minimum absolute atomic E-state index is 0.294. The van der Waals surface area contributed by atoms with Crippen molar-refractivity contribution in [2.24, 2.45) is 0 Å². The van der Waals surface area contributed by atoms with E-state index in [0.717, 1.165) is 19.3 Å². The summed E-state index contributed by atoms with van der Waals surface area (Å²) in [6.07, 6.45) is 13.6. The molecule has 32 heavy (non-hydrogen) atoms. The molecule has 1 unspecified atom stereocenters. The quantitative estimate of drug-likeness (QED) is 0.179. The van der Waals surface area contributed by atoms with Crippen molar-refractivity contribution in [3.63, 3.8) is 0 Å². The molecule has 0 N–H and O–H groups in total. The van der Waals surface area contributed by atoms with Crippen LogP contribution in [0, 0.1) is 0 Å². The number of carbonyl (C=O) groups is 1. The molecule has 0 heterocycles. The van der Waals surface area contributed by atoms with E-state index in [1.54, 1.807) is 18.2 Å². The first kappa shape index (κ1) is 26.1. The molecule has 0 aliphatic rings. The van der Waals surface area contributed by atoms with Gasteiger partial charge in [0.1, 0.15) is 11.5 Å². The van der Waals surface area contributed by atoms with Crippen LogP contribution >= 0.6 is 7.80 Å². The molecule has 0 aromatic heterocycles. The lowest BCUT2D eigenvalue weighted by atomic mass is 10.0. The van der Waals surface area contributed by atoms with Crippen molar-refractivity contribution in [3.8, 4) is 11.5 Å². The zero-order valence-electron chi connectivity index (χ0n) is 19.7. The molecular formula is C27H38O4P+. The number of unbranched alkanes of at least 4 members (excludes halogenated alkanes) is 9. The molecule has 0 radical (unpaired) electrons. The number of hydrogen-bond donors (Lipinski definition) is 0. The van der Waals surface area contributed by atoms with Crippen LogP contribution in [-0.4, -0.2) is 25.9 Å². The lowest BCUT2D eigenvalue weighted by molar-refractivity contribution is 0.107. The third-order valence-electron chi connectivity index (χ3n) is 5.79. The fourth-order valence-corrected chi connectivity index (χ4v) is 5.12. The number of ether oxygens (including phenoxy) is 2. The largest absolute Gasteiger partial charge is 0.496 e. The molecule has 0 spiro atoms. The SMILES string of the molecule is COc1cccc(OC)c1C(=O)[P+](=O)CCCCCCCCCCCCc1ccccc1. The normalized spacial score (nSPS) is 11.2. The maximum atomic E-state index is 12.7. The highest BCUT2D eigenvalue weighted by atomic mass is 31.1. The van der Waals surface area contributed by atoms with Crippen LogP contribution in [0.4, 0.5) is 0 Å². The third kappa shape index (κ3) is 9.12. The lowest BCUT2D eigenvalue weighted by Gasteiger charge is -2.07. The summed E-state index contributed by atoms with van der Waals surface area (Å²) in [6, 6.07) is 15.9. The number of hydrogen-bond acceptors (Lipinski definition) is 4. The molecule has 1 atom stereocenters. The number of methoxy groups -OCH3 is 2. The number of rotatable bonds is 17. The summed E-state index contributed by atoms with van der Waals surface area (Å²) in [7, 11) is 1.04. The molecular weight excluding hydrogens is 419 g/mol. The van der Waals surface area contributed by atoms with Gasteiger partial charge in [0.15, 0.2) is 11.7 Å². The Labute approximate surface area is 194 Å². The highest BCUT2D eigenvalue weighted by molar-refractivity contribution is 7.64. The molecule has 4 nitrogen and oxygen atoms in total. The van der Waals surface area contributed by atoms with Gasteiger partial charge in [-0.15, -0.1) is 0 Å². The maximum Gasteiger partial charge on any atom is 0.420 e. The molecule has 0 amide bonds. The van der Waals surface area contributed by atoms with Crippen LogP contribution in [0.2, 0.25) is 0 Å². The van der Waals surface area contributed by atoms with Gasteiger partial charge in [-0.2, -0.15) is 0 Å². The van der Waals surface area contributed by atoms with Crippen molar-refractivity contribution in [1.29, 1.82) is 0 Å². The topological polar surface area (TPSA) is 52.6 Å². The minimum atomic E-state index is -1.96. The molecule has 0 saturated heterocycles. The van der Waals surface area contributed by atoms with Gasteiger partial charge in [-0.1, -0.05) is 85.9 Å². The smallest absolute Gasteiger partial charge is 0.420 e. The van der Waals surface area contributed by atoms with E-state index in [9.17, 15) is 9.36 Å². The zero-order valence-corrected chi connectivity index (χ0v) is 20.6. The Bertz CT molecular complexity index is 797.